The van der Waals surface area contributed by atoms with Crippen molar-refractivity contribution < 1.29 is 0 Å². The summed E-state index contributed by atoms with van der Waals surface area (Å²) >= 11 is 6.44. The largest absolute Gasteiger partial charge is 0.371 e. The molecule has 27 heavy (non-hydrogen) atoms. The Labute approximate surface area is 168 Å². The normalized spacial score (nSPS) is 21.1. The van der Waals surface area contributed by atoms with Crippen molar-refractivity contribution in [1.82, 2.24) is 5.32 Å². The second kappa shape index (κ2) is 7.73. The van der Waals surface area contributed by atoms with Crippen LogP contribution in [-0.4, -0.2) is 26.2 Å². The number of nitrogens with zero attached hydrogens (tertiary/aromatic N) is 1. The smallest absolute Gasteiger partial charge is 0.0641 e. The Balaban J connectivity index is 1.75. The van der Waals surface area contributed by atoms with E-state index in [0.29, 0.717) is 11.8 Å². The SMILES string of the molecule is CCNCC1c2cc(Nc3cc(C)ccc3Cl)cc3c2N(CCC3)C[C@H]1C. The molecule has 2 heterocycles. The van der Waals surface area contributed by atoms with Crippen LogP contribution in [0.4, 0.5) is 17.1 Å². The van der Waals surface area contributed by atoms with E-state index in [4.69, 9.17) is 11.6 Å². The molecule has 2 aliphatic heterocycles. The van der Waals surface area contributed by atoms with Crippen LogP contribution >= 0.6 is 11.6 Å². The second-order valence-corrected chi connectivity index (χ2v) is 8.53. The minimum atomic E-state index is 0.558. The standard InChI is InChI=1S/C23H30ClN3/c1-4-25-13-20-16(3)14-27-9-5-6-17-11-18(12-19(20)23(17)27)26-22-10-15(2)7-8-21(22)24/h7-8,10-12,16,20,25-26H,4-6,9,13-14H2,1-3H3/t16-,20?/m1/s1. The first-order valence-electron chi connectivity index (χ1n) is 10.2. The summed E-state index contributed by atoms with van der Waals surface area (Å²) in [6, 6.07) is 10.9. The molecule has 2 N–H and O–H groups in total. The predicted octanol–water partition coefficient (Wildman–Crippen LogP) is 5.49. The van der Waals surface area contributed by atoms with Crippen LogP contribution in [0.1, 0.15) is 42.9 Å². The molecule has 0 amide bonds. The topological polar surface area (TPSA) is 27.3 Å². The molecule has 0 bridgehead atoms. The average molecular weight is 384 g/mol. The molecular weight excluding hydrogens is 354 g/mol. The van der Waals surface area contributed by atoms with Gasteiger partial charge >= 0.3 is 0 Å². The van der Waals surface area contributed by atoms with E-state index in [1.54, 1.807) is 0 Å². The summed E-state index contributed by atoms with van der Waals surface area (Å²) in [5, 5.41) is 7.95. The summed E-state index contributed by atoms with van der Waals surface area (Å²) in [4.78, 5) is 2.62. The molecule has 1 unspecified atom stereocenters. The van der Waals surface area contributed by atoms with E-state index in [0.717, 1.165) is 35.9 Å². The van der Waals surface area contributed by atoms with Crippen LogP contribution in [-0.2, 0) is 6.42 Å². The maximum Gasteiger partial charge on any atom is 0.0641 e. The van der Waals surface area contributed by atoms with Gasteiger partial charge in [0, 0.05) is 36.9 Å². The van der Waals surface area contributed by atoms with Crippen molar-refractivity contribution in [3.05, 3.63) is 52.0 Å². The highest BCUT2D eigenvalue weighted by atomic mass is 35.5. The fourth-order valence-electron chi connectivity index (χ4n) is 4.69. The van der Waals surface area contributed by atoms with E-state index in [9.17, 15) is 0 Å². The third-order valence-electron chi connectivity index (χ3n) is 6.02. The average Bonchev–Trinajstić information content (AvgIpc) is 2.64. The molecular formula is C23H30ClN3. The third-order valence-corrected chi connectivity index (χ3v) is 6.35. The number of hydrogen-bond donors (Lipinski definition) is 2. The highest BCUT2D eigenvalue weighted by molar-refractivity contribution is 6.33. The Morgan fingerprint density at radius 3 is 2.89 bits per heavy atom. The summed E-state index contributed by atoms with van der Waals surface area (Å²) in [5.74, 6) is 1.21. The lowest BCUT2D eigenvalue weighted by Gasteiger charge is -2.44. The van der Waals surface area contributed by atoms with Crippen molar-refractivity contribution >= 4 is 28.7 Å². The van der Waals surface area contributed by atoms with Crippen LogP contribution in [0.2, 0.25) is 5.02 Å². The van der Waals surface area contributed by atoms with E-state index in [2.05, 4.69) is 60.6 Å². The molecule has 0 aromatic heterocycles. The number of halogens is 1. The highest BCUT2D eigenvalue weighted by Crippen LogP contribution is 2.45. The molecule has 4 rings (SSSR count). The summed E-state index contributed by atoms with van der Waals surface area (Å²) in [6.07, 6.45) is 2.41. The number of benzene rings is 2. The lowest BCUT2D eigenvalue weighted by atomic mass is 9.79. The molecule has 2 aromatic carbocycles. The van der Waals surface area contributed by atoms with Gasteiger partial charge in [-0.05, 0) is 73.2 Å². The molecule has 0 fully saturated rings. The van der Waals surface area contributed by atoms with E-state index in [1.807, 2.05) is 6.07 Å². The highest BCUT2D eigenvalue weighted by Gasteiger charge is 2.34. The maximum atomic E-state index is 6.44. The van der Waals surface area contributed by atoms with Crippen molar-refractivity contribution in [2.45, 2.75) is 39.5 Å². The van der Waals surface area contributed by atoms with Crippen molar-refractivity contribution in [1.29, 1.82) is 0 Å². The van der Waals surface area contributed by atoms with Gasteiger partial charge in [-0.2, -0.15) is 0 Å². The monoisotopic (exact) mass is 383 g/mol. The number of likely N-dealkylation sites (N-methyl/N-ethyl adjacent to an activating group) is 1. The van der Waals surface area contributed by atoms with Gasteiger partial charge in [0.25, 0.3) is 0 Å². The van der Waals surface area contributed by atoms with Gasteiger partial charge < -0.3 is 15.5 Å². The van der Waals surface area contributed by atoms with Gasteiger partial charge in [0.2, 0.25) is 0 Å². The summed E-state index contributed by atoms with van der Waals surface area (Å²) < 4.78 is 0. The van der Waals surface area contributed by atoms with Gasteiger partial charge in [0.05, 0.1) is 10.7 Å². The number of anilines is 3. The summed E-state index contributed by atoms with van der Waals surface area (Å²) in [6.45, 7) is 11.1. The van der Waals surface area contributed by atoms with Gasteiger partial charge in [-0.1, -0.05) is 31.5 Å². The fraction of sp³-hybridized carbons (Fsp3) is 0.478. The lowest BCUT2D eigenvalue weighted by Crippen LogP contribution is -2.42. The minimum absolute atomic E-state index is 0.558. The fourth-order valence-corrected chi connectivity index (χ4v) is 4.85. The van der Waals surface area contributed by atoms with E-state index in [-0.39, 0.29) is 0 Å². The van der Waals surface area contributed by atoms with Crippen LogP contribution in [0, 0.1) is 12.8 Å². The number of nitrogens with one attached hydrogen (secondary N) is 2. The molecule has 4 heteroatoms. The first-order chi connectivity index (χ1) is 13.1. The number of aryl methyl sites for hydroxylation is 2. The number of rotatable bonds is 5. The third kappa shape index (κ3) is 3.68. The van der Waals surface area contributed by atoms with Gasteiger partial charge in [0.15, 0.2) is 0 Å². The summed E-state index contributed by atoms with van der Waals surface area (Å²) in [5.41, 5.74) is 7.85. The van der Waals surface area contributed by atoms with Crippen molar-refractivity contribution in [2.75, 3.05) is 36.4 Å². The van der Waals surface area contributed by atoms with Gasteiger partial charge in [-0.25, -0.2) is 0 Å². The van der Waals surface area contributed by atoms with Crippen LogP contribution < -0.4 is 15.5 Å². The molecule has 2 aromatic rings. The molecule has 3 nitrogen and oxygen atoms in total. The van der Waals surface area contributed by atoms with E-state index >= 15 is 0 Å². The van der Waals surface area contributed by atoms with Crippen LogP contribution in [0.3, 0.4) is 0 Å². The Bertz CT molecular complexity index is 833. The first kappa shape index (κ1) is 18.6. The van der Waals surface area contributed by atoms with Crippen LogP contribution in [0.5, 0.6) is 0 Å². The molecule has 0 saturated heterocycles. The second-order valence-electron chi connectivity index (χ2n) is 8.12. The molecule has 0 radical (unpaired) electrons. The number of hydrogen-bond acceptors (Lipinski definition) is 3. The zero-order chi connectivity index (χ0) is 19.0. The van der Waals surface area contributed by atoms with E-state index in [1.165, 1.54) is 41.9 Å². The lowest BCUT2D eigenvalue weighted by molar-refractivity contribution is 0.406. The zero-order valence-electron chi connectivity index (χ0n) is 16.6. The van der Waals surface area contributed by atoms with Crippen molar-refractivity contribution in [3.8, 4) is 0 Å². The van der Waals surface area contributed by atoms with Crippen molar-refractivity contribution in [3.63, 3.8) is 0 Å². The Kier molecular flexibility index (Phi) is 5.34. The molecule has 0 spiro atoms. The first-order valence-corrected chi connectivity index (χ1v) is 10.6. The van der Waals surface area contributed by atoms with E-state index < -0.39 is 0 Å². The molecule has 2 atom stereocenters. The van der Waals surface area contributed by atoms with Gasteiger partial charge in [-0.15, -0.1) is 0 Å². The quantitative estimate of drug-likeness (QED) is 0.715. The minimum Gasteiger partial charge on any atom is -0.371 e. The maximum absolute atomic E-state index is 6.44. The molecule has 144 valence electrons. The Hall–Kier alpha value is -1.71. The van der Waals surface area contributed by atoms with Gasteiger partial charge in [-0.3, -0.25) is 0 Å². The molecule has 0 saturated carbocycles. The van der Waals surface area contributed by atoms with Crippen LogP contribution in [0.25, 0.3) is 0 Å². The molecule has 0 aliphatic carbocycles. The molecule has 2 aliphatic rings. The Morgan fingerprint density at radius 2 is 2.07 bits per heavy atom. The Morgan fingerprint density at radius 1 is 1.22 bits per heavy atom. The summed E-state index contributed by atoms with van der Waals surface area (Å²) in [7, 11) is 0. The van der Waals surface area contributed by atoms with Gasteiger partial charge in [0.1, 0.15) is 0 Å². The zero-order valence-corrected chi connectivity index (χ0v) is 17.4. The van der Waals surface area contributed by atoms with Crippen molar-refractivity contribution in [2.24, 2.45) is 5.92 Å². The van der Waals surface area contributed by atoms with Crippen LogP contribution in [0.15, 0.2) is 30.3 Å². The predicted molar refractivity (Wildman–Crippen MR) is 117 cm³/mol.